The van der Waals surface area contributed by atoms with Crippen LogP contribution in [0.2, 0.25) is 0 Å². The number of anilines is 1. The zero-order valence-corrected chi connectivity index (χ0v) is 15.4. The summed E-state index contributed by atoms with van der Waals surface area (Å²) in [5.74, 6) is -0.305. The first-order valence-corrected chi connectivity index (χ1v) is 8.78. The molecule has 1 amide bonds. The Morgan fingerprint density at radius 3 is 2.71 bits per heavy atom. The Morgan fingerprint density at radius 2 is 1.96 bits per heavy atom. The molecule has 0 atom stereocenters. The Morgan fingerprint density at radius 1 is 1.18 bits per heavy atom. The van der Waals surface area contributed by atoms with Gasteiger partial charge in [0, 0.05) is 17.8 Å². The van der Waals surface area contributed by atoms with Crippen LogP contribution in [0.15, 0.2) is 49.1 Å². The normalized spacial score (nSPS) is 11.4. The number of rotatable bonds is 5. The molecule has 9 nitrogen and oxygen atoms in total. The molecular weight excluding hydrogens is 360 g/mol. The van der Waals surface area contributed by atoms with Gasteiger partial charge in [0.1, 0.15) is 12.1 Å². The van der Waals surface area contributed by atoms with Gasteiger partial charge in [-0.1, -0.05) is 6.07 Å². The molecule has 0 bridgehead atoms. The Kier molecular flexibility index (Phi) is 4.26. The number of amides is 1. The van der Waals surface area contributed by atoms with Crippen molar-refractivity contribution in [3.8, 4) is 0 Å². The molecule has 2 heterocycles. The highest BCUT2D eigenvalue weighted by Gasteiger charge is 2.18. The zero-order chi connectivity index (χ0) is 19.8. The van der Waals surface area contributed by atoms with Crippen molar-refractivity contribution in [2.24, 2.45) is 0 Å². The van der Waals surface area contributed by atoms with Crippen molar-refractivity contribution in [3.05, 3.63) is 59.2 Å². The molecule has 4 aromatic rings. The molecule has 0 radical (unpaired) electrons. The number of benzene rings is 2. The van der Waals surface area contributed by atoms with Crippen LogP contribution in [0, 0.1) is 10.1 Å². The maximum Gasteiger partial charge on any atom is 0.295 e. The molecule has 0 saturated carbocycles. The van der Waals surface area contributed by atoms with Crippen LogP contribution in [0.1, 0.15) is 19.9 Å². The lowest BCUT2D eigenvalue weighted by Crippen LogP contribution is -2.18. The number of aromatic nitrogens is 4. The predicted molar refractivity (Wildman–Crippen MR) is 105 cm³/mol. The Balaban J connectivity index is 1.57. The number of non-ortho nitro benzene ring substituents is 1. The first kappa shape index (κ1) is 17.7. The number of carbonyl (C=O) groups excluding carboxylic acids is 1. The van der Waals surface area contributed by atoms with Gasteiger partial charge in [0.2, 0.25) is 5.91 Å². The molecule has 0 aliphatic heterocycles. The quantitative estimate of drug-likeness (QED) is 0.422. The van der Waals surface area contributed by atoms with E-state index in [-0.39, 0.29) is 24.2 Å². The third-order valence-electron chi connectivity index (χ3n) is 4.54. The monoisotopic (exact) mass is 378 g/mol. The number of hydrogen-bond acceptors (Lipinski definition) is 5. The van der Waals surface area contributed by atoms with Crippen molar-refractivity contribution in [1.29, 1.82) is 0 Å². The molecule has 0 aliphatic rings. The summed E-state index contributed by atoms with van der Waals surface area (Å²) in [7, 11) is 0. The summed E-state index contributed by atoms with van der Waals surface area (Å²) >= 11 is 0. The number of para-hydroxylation sites is 1. The minimum absolute atomic E-state index is 0.0801. The standard InChI is InChI=1S/C19H18N6O3/c1-12(2)24-11-21-15-8-13(6-7-16(15)24)22-18(26)9-23-10-20-14-4-3-5-17(19(14)23)25(27)28/h3-8,10-12H,9H2,1-2H3,(H,22,26). The van der Waals surface area contributed by atoms with Crippen LogP contribution in [-0.4, -0.2) is 29.9 Å². The van der Waals surface area contributed by atoms with E-state index in [1.165, 1.54) is 17.0 Å². The summed E-state index contributed by atoms with van der Waals surface area (Å²) < 4.78 is 3.53. The van der Waals surface area contributed by atoms with Gasteiger partial charge in [-0.15, -0.1) is 0 Å². The molecule has 2 aromatic carbocycles. The molecular formula is C19H18N6O3. The number of nitro groups is 1. The van der Waals surface area contributed by atoms with E-state index in [0.717, 1.165) is 11.0 Å². The van der Waals surface area contributed by atoms with Crippen LogP contribution >= 0.6 is 0 Å². The van der Waals surface area contributed by atoms with Gasteiger partial charge in [-0.25, -0.2) is 9.97 Å². The van der Waals surface area contributed by atoms with Crippen LogP contribution in [0.5, 0.6) is 0 Å². The van der Waals surface area contributed by atoms with Crippen LogP contribution in [0.25, 0.3) is 22.1 Å². The van der Waals surface area contributed by atoms with Gasteiger partial charge in [-0.3, -0.25) is 14.9 Å². The van der Waals surface area contributed by atoms with Crippen LogP contribution in [-0.2, 0) is 11.3 Å². The molecule has 9 heteroatoms. The zero-order valence-electron chi connectivity index (χ0n) is 15.4. The Bertz CT molecular complexity index is 1210. The lowest BCUT2D eigenvalue weighted by molar-refractivity contribution is -0.383. The number of nitrogens with one attached hydrogen (secondary N) is 1. The summed E-state index contributed by atoms with van der Waals surface area (Å²) in [6, 6.07) is 10.5. The first-order chi connectivity index (χ1) is 13.4. The summed E-state index contributed by atoms with van der Waals surface area (Å²) in [5.41, 5.74) is 3.12. The molecule has 28 heavy (non-hydrogen) atoms. The third-order valence-corrected chi connectivity index (χ3v) is 4.54. The second-order valence-electron chi connectivity index (χ2n) is 6.77. The molecule has 2 aromatic heterocycles. The van der Waals surface area contributed by atoms with Gasteiger partial charge in [0.15, 0.2) is 0 Å². The van der Waals surface area contributed by atoms with Gasteiger partial charge in [0.25, 0.3) is 5.69 Å². The molecule has 0 unspecified atom stereocenters. The molecule has 0 saturated heterocycles. The fraction of sp³-hybridized carbons (Fsp3) is 0.211. The van der Waals surface area contributed by atoms with Crippen molar-refractivity contribution in [2.45, 2.75) is 26.4 Å². The van der Waals surface area contributed by atoms with Crippen molar-refractivity contribution in [3.63, 3.8) is 0 Å². The number of nitro benzene ring substituents is 1. The highest BCUT2D eigenvalue weighted by atomic mass is 16.6. The predicted octanol–water partition coefficient (Wildman–Crippen LogP) is 3.51. The van der Waals surface area contributed by atoms with Gasteiger partial charge in [-0.05, 0) is 38.1 Å². The average molecular weight is 378 g/mol. The second kappa shape index (κ2) is 6.76. The van der Waals surface area contributed by atoms with Gasteiger partial charge < -0.3 is 14.5 Å². The number of imidazole rings is 2. The van der Waals surface area contributed by atoms with E-state index in [4.69, 9.17) is 0 Å². The SMILES string of the molecule is CC(C)n1cnc2cc(NC(=O)Cn3cnc4cccc([N+](=O)[O-])c43)ccc21. The summed E-state index contributed by atoms with van der Waals surface area (Å²) in [5, 5.41) is 14.1. The first-order valence-electron chi connectivity index (χ1n) is 8.78. The van der Waals surface area contributed by atoms with E-state index in [2.05, 4.69) is 33.7 Å². The van der Waals surface area contributed by atoms with Crippen LogP contribution in [0.4, 0.5) is 11.4 Å². The Hall–Kier alpha value is -3.75. The van der Waals surface area contributed by atoms with E-state index < -0.39 is 4.92 Å². The fourth-order valence-electron chi connectivity index (χ4n) is 3.25. The van der Waals surface area contributed by atoms with Crippen molar-refractivity contribution in [2.75, 3.05) is 5.32 Å². The van der Waals surface area contributed by atoms with Gasteiger partial charge >= 0.3 is 0 Å². The van der Waals surface area contributed by atoms with E-state index in [9.17, 15) is 14.9 Å². The molecule has 142 valence electrons. The van der Waals surface area contributed by atoms with E-state index in [1.807, 2.05) is 12.1 Å². The van der Waals surface area contributed by atoms with Crippen molar-refractivity contribution in [1.82, 2.24) is 19.1 Å². The highest BCUT2D eigenvalue weighted by molar-refractivity contribution is 5.94. The second-order valence-corrected chi connectivity index (χ2v) is 6.77. The van der Waals surface area contributed by atoms with E-state index >= 15 is 0 Å². The van der Waals surface area contributed by atoms with Crippen LogP contribution in [0.3, 0.4) is 0 Å². The molecule has 0 fully saturated rings. The minimum atomic E-state index is -0.475. The molecule has 1 N–H and O–H groups in total. The van der Waals surface area contributed by atoms with Crippen molar-refractivity contribution >= 4 is 39.3 Å². The molecule has 0 spiro atoms. The fourth-order valence-corrected chi connectivity index (χ4v) is 3.25. The summed E-state index contributed by atoms with van der Waals surface area (Å²) in [6.45, 7) is 4.07. The molecule has 0 aliphatic carbocycles. The van der Waals surface area contributed by atoms with Crippen molar-refractivity contribution < 1.29 is 9.72 Å². The number of carbonyl (C=O) groups is 1. The minimum Gasteiger partial charge on any atom is -0.328 e. The van der Waals surface area contributed by atoms with Gasteiger partial charge in [-0.2, -0.15) is 0 Å². The smallest absolute Gasteiger partial charge is 0.295 e. The lowest BCUT2D eigenvalue weighted by Gasteiger charge is -2.09. The maximum atomic E-state index is 12.5. The number of nitrogens with zero attached hydrogens (tertiary/aromatic N) is 5. The van der Waals surface area contributed by atoms with Crippen LogP contribution < -0.4 is 5.32 Å². The largest absolute Gasteiger partial charge is 0.328 e. The van der Waals surface area contributed by atoms with E-state index in [0.29, 0.717) is 16.7 Å². The summed E-state index contributed by atoms with van der Waals surface area (Å²) in [6.07, 6.45) is 3.21. The third kappa shape index (κ3) is 3.07. The highest BCUT2D eigenvalue weighted by Crippen LogP contribution is 2.25. The van der Waals surface area contributed by atoms with Gasteiger partial charge in [0.05, 0.1) is 34.1 Å². The number of hydrogen-bond donors (Lipinski definition) is 1. The summed E-state index contributed by atoms with van der Waals surface area (Å²) in [4.78, 5) is 31.8. The van der Waals surface area contributed by atoms with E-state index in [1.54, 1.807) is 24.5 Å². The molecule has 4 rings (SSSR count). The number of fused-ring (bicyclic) bond motifs is 2. The maximum absolute atomic E-state index is 12.5. The topological polar surface area (TPSA) is 108 Å². The Labute approximate surface area is 159 Å². The average Bonchev–Trinajstić information content (AvgIpc) is 3.25. The lowest BCUT2D eigenvalue weighted by atomic mass is 10.2.